The lowest BCUT2D eigenvalue weighted by Crippen LogP contribution is -2.26. The van der Waals surface area contributed by atoms with E-state index >= 15 is 0 Å². The van der Waals surface area contributed by atoms with Crippen molar-refractivity contribution in [1.29, 1.82) is 0 Å². The smallest absolute Gasteiger partial charge is 0.306 e. The fourth-order valence-electron chi connectivity index (χ4n) is 1.63. The molecule has 0 radical (unpaired) electrons. The third-order valence-electron chi connectivity index (χ3n) is 2.55. The highest BCUT2D eigenvalue weighted by atomic mass is 16.5. The molecule has 0 unspecified atom stereocenters. The van der Waals surface area contributed by atoms with E-state index in [0.717, 1.165) is 32.1 Å². The Morgan fingerprint density at radius 2 is 2.00 bits per heavy atom. The Bertz CT molecular complexity index is 179. The second-order valence-electron chi connectivity index (χ2n) is 3.90. The third kappa shape index (κ3) is 5.74. The summed E-state index contributed by atoms with van der Waals surface area (Å²) in [7, 11) is 0. The van der Waals surface area contributed by atoms with Crippen LogP contribution in [0.3, 0.4) is 0 Å². The van der Waals surface area contributed by atoms with Gasteiger partial charge in [-0.1, -0.05) is 6.42 Å². The number of hydrogen-bond acceptors (Lipinski definition) is 4. The summed E-state index contributed by atoms with van der Waals surface area (Å²) in [5, 5.41) is 0. The number of ether oxygens (including phenoxy) is 2. The predicted octanol–water partition coefficient (Wildman–Crippen LogP) is 1.23. The Morgan fingerprint density at radius 1 is 1.27 bits per heavy atom. The molecule has 0 aromatic carbocycles. The van der Waals surface area contributed by atoms with E-state index in [-0.39, 0.29) is 12.1 Å². The van der Waals surface area contributed by atoms with E-state index in [1.165, 1.54) is 0 Å². The van der Waals surface area contributed by atoms with E-state index in [1.54, 1.807) is 0 Å². The summed E-state index contributed by atoms with van der Waals surface area (Å²) in [5.74, 6) is -0.0704. The molecule has 0 saturated carbocycles. The van der Waals surface area contributed by atoms with Gasteiger partial charge in [-0.25, -0.2) is 0 Å². The average Bonchev–Trinajstić information content (AvgIpc) is 2.26. The van der Waals surface area contributed by atoms with Crippen molar-refractivity contribution in [3.63, 3.8) is 0 Å². The van der Waals surface area contributed by atoms with Gasteiger partial charge in [-0.15, -0.1) is 0 Å². The van der Waals surface area contributed by atoms with E-state index in [4.69, 9.17) is 15.2 Å². The zero-order valence-electron chi connectivity index (χ0n) is 9.24. The van der Waals surface area contributed by atoms with E-state index in [0.29, 0.717) is 26.2 Å². The largest absolute Gasteiger partial charge is 0.462 e. The number of esters is 1. The molecule has 0 aromatic rings. The number of unbranched alkanes of at least 4 members (excludes halogenated alkanes) is 2. The lowest BCUT2D eigenvalue weighted by Gasteiger charge is -2.22. The molecule has 0 aliphatic carbocycles. The van der Waals surface area contributed by atoms with Crippen LogP contribution in [0.2, 0.25) is 0 Å². The molecule has 4 heteroatoms. The van der Waals surface area contributed by atoms with Crippen LogP contribution in [0, 0.1) is 0 Å². The van der Waals surface area contributed by atoms with Gasteiger partial charge in [-0.2, -0.15) is 0 Å². The van der Waals surface area contributed by atoms with Crippen molar-refractivity contribution in [2.75, 3.05) is 19.8 Å². The molecular weight excluding hydrogens is 194 g/mol. The summed E-state index contributed by atoms with van der Waals surface area (Å²) in [4.78, 5) is 11.4. The van der Waals surface area contributed by atoms with Gasteiger partial charge in [0.2, 0.25) is 0 Å². The van der Waals surface area contributed by atoms with Crippen molar-refractivity contribution in [3.05, 3.63) is 0 Å². The molecule has 1 aliphatic heterocycles. The zero-order chi connectivity index (χ0) is 10.9. The summed E-state index contributed by atoms with van der Waals surface area (Å²) in [6.45, 7) is 2.13. The number of hydrogen-bond donors (Lipinski definition) is 1. The van der Waals surface area contributed by atoms with Crippen molar-refractivity contribution in [1.82, 2.24) is 0 Å². The number of rotatable bonds is 6. The standard InChI is InChI=1S/C11H21NO3/c12-7-3-1-2-4-11(13)15-10-5-8-14-9-6-10/h10H,1-9,12H2. The van der Waals surface area contributed by atoms with Crippen LogP contribution < -0.4 is 5.73 Å². The Hall–Kier alpha value is -0.610. The van der Waals surface area contributed by atoms with Crippen LogP contribution in [-0.4, -0.2) is 31.8 Å². The Kier molecular flexibility index (Phi) is 6.36. The molecule has 1 aliphatic rings. The molecule has 0 atom stereocenters. The maximum Gasteiger partial charge on any atom is 0.306 e. The molecule has 1 heterocycles. The van der Waals surface area contributed by atoms with E-state index in [2.05, 4.69) is 0 Å². The quantitative estimate of drug-likeness (QED) is 0.534. The van der Waals surface area contributed by atoms with Gasteiger partial charge in [-0.05, 0) is 19.4 Å². The van der Waals surface area contributed by atoms with Gasteiger partial charge in [0.25, 0.3) is 0 Å². The van der Waals surface area contributed by atoms with Gasteiger partial charge in [0, 0.05) is 19.3 Å². The van der Waals surface area contributed by atoms with Gasteiger partial charge in [-0.3, -0.25) is 4.79 Å². The van der Waals surface area contributed by atoms with Gasteiger partial charge in [0.05, 0.1) is 13.2 Å². The van der Waals surface area contributed by atoms with Crippen LogP contribution in [0.5, 0.6) is 0 Å². The van der Waals surface area contributed by atoms with Crippen molar-refractivity contribution in [2.45, 2.75) is 44.6 Å². The van der Waals surface area contributed by atoms with Crippen molar-refractivity contribution in [3.8, 4) is 0 Å². The molecule has 4 nitrogen and oxygen atoms in total. The van der Waals surface area contributed by atoms with Crippen LogP contribution in [-0.2, 0) is 14.3 Å². The first-order valence-corrected chi connectivity index (χ1v) is 5.80. The zero-order valence-corrected chi connectivity index (χ0v) is 9.24. The molecular formula is C11H21NO3. The maximum atomic E-state index is 11.4. The SMILES string of the molecule is NCCCCCC(=O)OC1CCOCC1. The molecule has 15 heavy (non-hydrogen) atoms. The van der Waals surface area contributed by atoms with Crippen LogP contribution >= 0.6 is 0 Å². The molecule has 2 N–H and O–H groups in total. The van der Waals surface area contributed by atoms with E-state index in [9.17, 15) is 4.79 Å². The van der Waals surface area contributed by atoms with Crippen molar-refractivity contribution >= 4 is 5.97 Å². The first-order valence-electron chi connectivity index (χ1n) is 5.80. The lowest BCUT2D eigenvalue weighted by atomic mass is 10.1. The summed E-state index contributed by atoms with van der Waals surface area (Å²) in [5.41, 5.74) is 5.36. The minimum atomic E-state index is -0.0704. The highest BCUT2D eigenvalue weighted by Crippen LogP contribution is 2.12. The minimum absolute atomic E-state index is 0.0704. The first kappa shape index (κ1) is 12.5. The molecule has 1 saturated heterocycles. The fourth-order valence-corrected chi connectivity index (χ4v) is 1.63. The van der Waals surface area contributed by atoms with Gasteiger partial charge in [0.1, 0.15) is 6.10 Å². The fraction of sp³-hybridized carbons (Fsp3) is 0.909. The average molecular weight is 215 g/mol. The second kappa shape index (κ2) is 7.65. The maximum absolute atomic E-state index is 11.4. The topological polar surface area (TPSA) is 61.6 Å². The molecule has 88 valence electrons. The van der Waals surface area contributed by atoms with E-state index < -0.39 is 0 Å². The molecule has 1 fully saturated rings. The normalized spacial score (nSPS) is 17.7. The summed E-state index contributed by atoms with van der Waals surface area (Å²) >= 11 is 0. The predicted molar refractivity (Wildman–Crippen MR) is 57.5 cm³/mol. The number of carbonyl (C=O) groups excluding carboxylic acids is 1. The second-order valence-corrected chi connectivity index (χ2v) is 3.90. The van der Waals surface area contributed by atoms with Crippen molar-refractivity contribution in [2.24, 2.45) is 5.73 Å². The lowest BCUT2D eigenvalue weighted by molar-refractivity contribution is -0.153. The molecule has 0 aromatic heterocycles. The Morgan fingerprint density at radius 3 is 2.67 bits per heavy atom. The Balaban J connectivity index is 2.01. The van der Waals surface area contributed by atoms with Gasteiger partial charge in [0.15, 0.2) is 0 Å². The first-order chi connectivity index (χ1) is 7.33. The van der Waals surface area contributed by atoms with Crippen LogP contribution in [0.4, 0.5) is 0 Å². The number of carbonyl (C=O) groups is 1. The van der Waals surface area contributed by atoms with Gasteiger partial charge < -0.3 is 15.2 Å². The van der Waals surface area contributed by atoms with Crippen LogP contribution in [0.1, 0.15) is 38.5 Å². The monoisotopic (exact) mass is 215 g/mol. The summed E-state index contributed by atoms with van der Waals surface area (Å²) in [6, 6.07) is 0. The molecule has 1 rings (SSSR count). The van der Waals surface area contributed by atoms with Crippen LogP contribution in [0.15, 0.2) is 0 Å². The van der Waals surface area contributed by atoms with Crippen LogP contribution in [0.25, 0.3) is 0 Å². The van der Waals surface area contributed by atoms with Gasteiger partial charge >= 0.3 is 5.97 Å². The molecule has 0 bridgehead atoms. The highest BCUT2D eigenvalue weighted by Gasteiger charge is 2.17. The summed E-state index contributed by atoms with van der Waals surface area (Å²) in [6.07, 6.45) is 5.18. The third-order valence-corrected chi connectivity index (χ3v) is 2.55. The summed E-state index contributed by atoms with van der Waals surface area (Å²) < 4.78 is 10.5. The molecule has 0 amide bonds. The Labute approximate surface area is 91.1 Å². The van der Waals surface area contributed by atoms with E-state index in [1.807, 2.05) is 0 Å². The number of nitrogens with two attached hydrogens (primary N) is 1. The highest BCUT2D eigenvalue weighted by molar-refractivity contribution is 5.69. The minimum Gasteiger partial charge on any atom is -0.462 e. The van der Waals surface area contributed by atoms with Crippen molar-refractivity contribution < 1.29 is 14.3 Å². The molecule has 0 spiro atoms.